The Morgan fingerprint density at radius 1 is 1.17 bits per heavy atom. The number of carbonyl (C=O) groups excluding carboxylic acids is 1. The Hall–Kier alpha value is -2.74. The normalized spacial score (nSPS) is 10.7. The maximum atomic E-state index is 13.7. The van der Waals surface area contributed by atoms with Gasteiger partial charge in [0.2, 0.25) is 0 Å². The topological polar surface area (TPSA) is 60.5 Å². The van der Waals surface area contributed by atoms with E-state index in [1.807, 2.05) is 0 Å². The zero-order valence-corrected chi connectivity index (χ0v) is 13.5. The molecule has 3 aromatic rings. The molecule has 0 spiro atoms. The summed E-state index contributed by atoms with van der Waals surface area (Å²) in [5, 5.41) is 2.73. The number of nitrogens with one attached hydrogen (secondary N) is 1. The van der Waals surface area contributed by atoms with E-state index < -0.39 is 17.5 Å². The van der Waals surface area contributed by atoms with Crippen molar-refractivity contribution >= 4 is 32.6 Å². The molecule has 0 aliphatic carbocycles. The largest absolute Gasteiger partial charge is 0.497 e. The highest BCUT2D eigenvalue weighted by Gasteiger charge is 2.17. The Morgan fingerprint density at radius 2 is 1.96 bits per heavy atom. The summed E-state index contributed by atoms with van der Waals surface area (Å²) in [5.41, 5.74) is 0.280. The Balaban J connectivity index is 1.91. The summed E-state index contributed by atoms with van der Waals surface area (Å²) in [5.74, 6) is -1.08. The minimum absolute atomic E-state index is 0.0124. The predicted molar refractivity (Wildman–Crippen MR) is 87.0 cm³/mol. The van der Waals surface area contributed by atoms with Gasteiger partial charge >= 0.3 is 0 Å². The van der Waals surface area contributed by atoms with Crippen molar-refractivity contribution in [1.29, 1.82) is 0 Å². The molecule has 0 unspecified atom stereocenters. The molecule has 24 heavy (non-hydrogen) atoms. The number of methoxy groups -OCH3 is 2. The molecule has 0 atom stereocenters. The van der Waals surface area contributed by atoms with Crippen LogP contribution >= 0.6 is 11.3 Å². The van der Waals surface area contributed by atoms with E-state index in [-0.39, 0.29) is 16.2 Å². The van der Waals surface area contributed by atoms with Crippen LogP contribution in [0.5, 0.6) is 11.5 Å². The van der Waals surface area contributed by atoms with Gasteiger partial charge in [-0.15, -0.1) is 0 Å². The quantitative estimate of drug-likeness (QED) is 0.777. The summed E-state index contributed by atoms with van der Waals surface area (Å²) in [6.07, 6.45) is 0. The number of fused-ring (bicyclic) bond motifs is 1. The van der Waals surface area contributed by atoms with Gasteiger partial charge in [0.15, 0.2) is 10.9 Å². The van der Waals surface area contributed by atoms with Gasteiger partial charge in [-0.25, -0.2) is 13.8 Å². The number of amides is 1. The third kappa shape index (κ3) is 3.00. The summed E-state index contributed by atoms with van der Waals surface area (Å²) in [7, 11) is 2.94. The summed E-state index contributed by atoms with van der Waals surface area (Å²) < 4.78 is 37.5. The van der Waals surface area contributed by atoms with Crippen LogP contribution in [0, 0.1) is 11.6 Å². The van der Waals surface area contributed by atoms with E-state index in [9.17, 15) is 13.6 Å². The number of anilines is 1. The van der Waals surface area contributed by atoms with E-state index in [1.54, 1.807) is 18.2 Å². The highest BCUT2D eigenvalue weighted by molar-refractivity contribution is 7.22. The van der Waals surface area contributed by atoms with E-state index in [2.05, 4.69) is 10.3 Å². The Morgan fingerprint density at radius 3 is 2.67 bits per heavy atom. The molecular weight excluding hydrogens is 338 g/mol. The van der Waals surface area contributed by atoms with Crippen molar-refractivity contribution in [2.24, 2.45) is 0 Å². The molecule has 2 aromatic carbocycles. The summed E-state index contributed by atoms with van der Waals surface area (Å²) in [4.78, 5) is 16.4. The molecule has 1 heterocycles. The van der Waals surface area contributed by atoms with Gasteiger partial charge < -0.3 is 9.47 Å². The number of benzene rings is 2. The molecular formula is C16H12F2N2O3S. The number of carbonyl (C=O) groups is 1. The zero-order valence-electron chi connectivity index (χ0n) is 12.7. The van der Waals surface area contributed by atoms with Crippen LogP contribution in [-0.4, -0.2) is 25.1 Å². The van der Waals surface area contributed by atoms with Gasteiger partial charge in [-0.3, -0.25) is 10.1 Å². The van der Waals surface area contributed by atoms with Crippen LogP contribution in [-0.2, 0) is 0 Å². The minimum Gasteiger partial charge on any atom is -0.497 e. The third-order valence-electron chi connectivity index (χ3n) is 3.29. The molecule has 1 aromatic heterocycles. The molecule has 0 aliphatic rings. The molecule has 8 heteroatoms. The van der Waals surface area contributed by atoms with Crippen molar-refractivity contribution < 1.29 is 23.0 Å². The molecule has 0 radical (unpaired) electrons. The molecule has 5 nitrogen and oxygen atoms in total. The fourth-order valence-electron chi connectivity index (χ4n) is 2.16. The third-order valence-corrected chi connectivity index (χ3v) is 4.20. The number of rotatable bonds is 4. The molecule has 1 N–H and O–H groups in total. The van der Waals surface area contributed by atoms with Crippen molar-refractivity contribution in [3.8, 4) is 11.5 Å². The standard InChI is InChI=1S/C16H12F2N2O3S/c1-22-9-3-4-10(12(7-9)23-2)15(21)20-16-19-14-11(18)5-8(17)6-13(14)24-16/h3-7H,1-2H3,(H,19,20,21). The summed E-state index contributed by atoms with van der Waals surface area (Å²) >= 11 is 0.981. The molecule has 0 aliphatic heterocycles. The minimum atomic E-state index is -0.774. The molecule has 124 valence electrons. The van der Waals surface area contributed by atoms with Crippen LogP contribution in [0.15, 0.2) is 30.3 Å². The maximum absolute atomic E-state index is 13.7. The number of thiazole rings is 1. The second-order valence-corrected chi connectivity index (χ2v) is 5.80. The van der Waals surface area contributed by atoms with E-state index in [1.165, 1.54) is 20.3 Å². The van der Waals surface area contributed by atoms with Gasteiger partial charge in [-0.2, -0.15) is 0 Å². The van der Waals surface area contributed by atoms with Crippen molar-refractivity contribution in [2.75, 3.05) is 19.5 Å². The van der Waals surface area contributed by atoms with Crippen LogP contribution in [0.4, 0.5) is 13.9 Å². The van der Waals surface area contributed by atoms with Crippen LogP contribution in [0.1, 0.15) is 10.4 Å². The lowest BCUT2D eigenvalue weighted by atomic mass is 10.2. The first kappa shape index (κ1) is 16.1. The van der Waals surface area contributed by atoms with E-state index in [4.69, 9.17) is 9.47 Å². The molecule has 0 bridgehead atoms. The van der Waals surface area contributed by atoms with Gasteiger partial charge in [0, 0.05) is 12.1 Å². The summed E-state index contributed by atoms with van der Waals surface area (Å²) in [6, 6.07) is 6.65. The van der Waals surface area contributed by atoms with Crippen LogP contribution in [0.3, 0.4) is 0 Å². The lowest BCUT2D eigenvalue weighted by molar-refractivity contribution is 0.102. The average molecular weight is 350 g/mol. The van der Waals surface area contributed by atoms with Gasteiger partial charge in [-0.1, -0.05) is 11.3 Å². The first-order valence-electron chi connectivity index (χ1n) is 6.81. The smallest absolute Gasteiger partial charge is 0.261 e. The first-order valence-corrected chi connectivity index (χ1v) is 7.62. The van der Waals surface area contributed by atoms with Crippen molar-refractivity contribution in [3.05, 3.63) is 47.5 Å². The molecule has 3 rings (SSSR count). The van der Waals surface area contributed by atoms with Crippen LogP contribution in [0.25, 0.3) is 10.2 Å². The first-order chi connectivity index (χ1) is 11.5. The number of hydrogen-bond acceptors (Lipinski definition) is 5. The lowest BCUT2D eigenvalue weighted by Crippen LogP contribution is -2.13. The predicted octanol–water partition coefficient (Wildman–Crippen LogP) is 3.84. The van der Waals surface area contributed by atoms with E-state index in [0.29, 0.717) is 16.2 Å². The van der Waals surface area contributed by atoms with Crippen molar-refractivity contribution in [1.82, 2.24) is 4.98 Å². The van der Waals surface area contributed by atoms with E-state index in [0.717, 1.165) is 17.4 Å². The van der Waals surface area contributed by atoms with Crippen LogP contribution in [0.2, 0.25) is 0 Å². The van der Waals surface area contributed by atoms with Crippen LogP contribution < -0.4 is 14.8 Å². The van der Waals surface area contributed by atoms with Gasteiger partial charge in [0.1, 0.15) is 22.8 Å². The Bertz CT molecular complexity index is 927. The van der Waals surface area contributed by atoms with Gasteiger partial charge in [-0.05, 0) is 18.2 Å². The van der Waals surface area contributed by atoms with Crippen molar-refractivity contribution in [3.63, 3.8) is 0 Å². The van der Waals surface area contributed by atoms with Gasteiger partial charge in [0.05, 0.1) is 24.5 Å². The molecule has 1 amide bonds. The Kier molecular flexibility index (Phi) is 4.30. The SMILES string of the molecule is COc1ccc(C(=O)Nc2nc3c(F)cc(F)cc3s2)c(OC)c1. The molecule has 0 fully saturated rings. The number of halogens is 2. The highest BCUT2D eigenvalue weighted by atomic mass is 32.1. The average Bonchev–Trinajstić information content (AvgIpc) is 2.96. The van der Waals surface area contributed by atoms with E-state index >= 15 is 0 Å². The fraction of sp³-hybridized carbons (Fsp3) is 0.125. The number of hydrogen-bond donors (Lipinski definition) is 1. The number of ether oxygens (including phenoxy) is 2. The summed E-state index contributed by atoms with van der Waals surface area (Å²) in [6.45, 7) is 0. The monoisotopic (exact) mass is 350 g/mol. The molecule has 0 saturated carbocycles. The number of nitrogens with zero attached hydrogens (tertiary/aromatic N) is 1. The lowest BCUT2D eigenvalue weighted by Gasteiger charge is -2.09. The fourth-order valence-corrected chi connectivity index (χ4v) is 3.06. The maximum Gasteiger partial charge on any atom is 0.261 e. The second-order valence-electron chi connectivity index (χ2n) is 4.77. The zero-order chi connectivity index (χ0) is 17.3. The Labute approximate surface area is 139 Å². The second kappa shape index (κ2) is 6.40. The van der Waals surface area contributed by atoms with Crippen molar-refractivity contribution in [2.45, 2.75) is 0 Å². The highest BCUT2D eigenvalue weighted by Crippen LogP contribution is 2.30. The number of aromatic nitrogens is 1. The molecule has 0 saturated heterocycles. The van der Waals surface area contributed by atoms with Gasteiger partial charge in [0.25, 0.3) is 5.91 Å².